The van der Waals surface area contributed by atoms with Crippen LogP contribution in [0.25, 0.3) is 0 Å². The summed E-state index contributed by atoms with van der Waals surface area (Å²) in [5.41, 5.74) is 0. The largest absolute Gasteiger partial charge is 0.300 e. The van der Waals surface area contributed by atoms with Crippen molar-refractivity contribution in [3.8, 4) is 0 Å². The van der Waals surface area contributed by atoms with Crippen LogP contribution in [0, 0.1) is 11.8 Å². The van der Waals surface area contributed by atoms with E-state index in [0.29, 0.717) is 11.7 Å². The molecule has 1 unspecified atom stereocenters. The lowest BCUT2D eigenvalue weighted by atomic mass is 10.2. The summed E-state index contributed by atoms with van der Waals surface area (Å²) in [6, 6.07) is 0. The Bertz CT molecular complexity index is 145. The zero-order valence-electron chi connectivity index (χ0n) is 5.46. The molecule has 0 amide bonds. The number of Topliss-reactive ketones (excluding diaryl/α,β-unsaturated/α-hetero) is 1. The highest BCUT2D eigenvalue weighted by atomic mass is 32.2. The highest BCUT2D eigenvalue weighted by molar-refractivity contribution is 8.00. The molecule has 2 aliphatic rings. The van der Waals surface area contributed by atoms with Crippen molar-refractivity contribution in [3.63, 3.8) is 0 Å². The Hall–Kier alpha value is 0.0200. The van der Waals surface area contributed by atoms with E-state index in [0.717, 1.165) is 11.2 Å². The topological polar surface area (TPSA) is 17.1 Å². The first-order valence-electron chi connectivity index (χ1n) is 3.43. The average Bonchev–Trinajstić information content (AvgIpc) is 2.30. The van der Waals surface area contributed by atoms with Crippen molar-refractivity contribution >= 4 is 17.5 Å². The number of hydrogen-bond donors (Lipinski definition) is 0. The van der Waals surface area contributed by atoms with Crippen LogP contribution in [0.5, 0.6) is 0 Å². The van der Waals surface area contributed by atoms with E-state index in [1.807, 2.05) is 11.8 Å². The van der Waals surface area contributed by atoms with E-state index in [-0.39, 0.29) is 0 Å². The van der Waals surface area contributed by atoms with Gasteiger partial charge >= 0.3 is 0 Å². The van der Waals surface area contributed by atoms with Crippen molar-refractivity contribution in [1.82, 2.24) is 0 Å². The number of carbonyl (C=O) groups is 1. The summed E-state index contributed by atoms with van der Waals surface area (Å²) in [6.45, 7) is 1.73. The van der Waals surface area contributed by atoms with Gasteiger partial charge in [0.15, 0.2) is 0 Å². The van der Waals surface area contributed by atoms with Gasteiger partial charge in [-0.15, -0.1) is 0 Å². The van der Waals surface area contributed by atoms with Crippen molar-refractivity contribution in [1.29, 1.82) is 0 Å². The van der Waals surface area contributed by atoms with Gasteiger partial charge in [-0.3, -0.25) is 4.79 Å². The van der Waals surface area contributed by atoms with E-state index in [1.165, 1.54) is 12.2 Å². The standard InChI is InChI=1S/C7H10OS/c1-4(8)6-5-2-3-9-7(5)6/h5-7H,2-3H2,1H3/t5-,6?,7-/m1/s1. The molecule has 1 nitrogen and oxygen atoms in total. The molecule has 9 heavy (non-hydrogen) atoms. The van der Waals surface area contributed by atoms with Gasteiger partial charge in [-0.1, -0.05) is 0 Å². The van der Waals surface area contributed by atoms with Gasteiger partial charge in [0, 0.05) is 11.2 Å². The SMILES string of the molecule is CC(=O)C1[C@H]2CCS[C@@H]12. The molecule has 0 radical (unpaired) electrons. The molecular weight excluding hydrogens is 132 g/mol. The minimum absolute atomic E-state index is 0.414. The maximum Gasteiger partial charge on any atom is 0.134 e. The molecule has 0 N–H and O–H groups in total. The van der Waals surface area contributed by atoms with Gasteiger partial charge in [-0.2, -0.15) is 11.8 Å². The number of hydrogen-bond acceptors (Lipinski definition) is 2. The fourth-order valence-corrected chi connectivity index (χ4v) is 3.53. The normalized spacial score (nSPS) is 46.6. The smallest absolute Gasteiger partial charge is 0.134 e. The lowest BCUT2D eigenvalue weighted by Crippen LogP contribution is -1.99. The van der Waals surface area contributed by atoms with Gasteiger partial charge in [0.1, 0.15) is 5.78 Å². The Morgan fingerprint density at radius 2 is 2.44 bits per heavy atom. The maximum absolute atomic E-state index is 10.8. The number of fused-ring (bicyclic) bond motifs is 1. The molecule has 2 fully saturated rings. The summed E-state index contributed by atoms with van der Waals surface area (Å²) >= 11 is 1.99. The predicted octanol–water partition coefficient (Wildman–Crippen LogP) is 1.33. The zero-order chi connectivity index (χ0) is 6.43. The van der Waals surface area contributed by atoms with Gasteiger partial charge in [0.2, 0.25) is 0 Å². The number of ketones is 1. The number of thioether (sulfide) groups is 1. The van der Waals surface area contributed by atoms with E-state index in [9.17, 15) is 4.79 Å². The van der Waals surface area contributed by atoms with E-state index < -0.39 is 0 Å². The summed E-state index contributed by atoms with van der Waals surface area (Å²) in [5, 5.41) is 0.738. The van der Waals surface area contributed by atoms with E-state index >= 15 is 0 Å². The molecule has 3 atom stereocenters. The molecule has 0 bridgehead atoms. The monoisotopic (exact) mass is 142 g/mol. The molecule has 0 aromatic heterocycles. The predicted molar refractivity (Wildman–Crippen MR) is 38.5 cm³/mol. The first-order chi connectivity index (χ1) is 4.30. The van der Waals surface area contributed by atoms with E-state index in [4.69, 9.17) is 0 Å². The summed E-state index contributed by atoms with van der Waals surface area (Å²) in [4.78, 5) is 10.8. The van der Waals surface area contributed by atoms with Crippen LogP contribution in [-0.4, -0.2) is 16.8 Å². The number of carbonyl (C=O) groups excluding carboxylic acids is 1. The van der Waals surface area contributed by atoms with Crippen molar-refractivity contribution in [2.75, 3.05) is 5.75 Å². The van der Waals surface area contributed by atoms with Crippen molar-refractivity contribution < 1.29 is 4.79 Å². The average molecular weight is 142 g/mol. The van der Waals surface area contributed by atoms with Gasteiger partial charge in [-0.25, -0.2) is 0 Å². The molecule has 1 saturated carbocycles. The first kappa shape index (κ1) is 5.78. The lowest BCUT2D eigenvalue weighted by Gasteiger charge is -1.94. The van der Waals surface area contributed by atoms with Gasteiger partial charge in [0.05, 0.1) is 0 Å². The molecule has 2 rings (SSSR count). The van der Waals surface area contributed by atoms with Crippen molar-refractivity contribution in [2.24, 2.45) is 11.8 Å². The second-order valence-corrected chi connectivity index (χ2v) is 4.21. The highest BCUT2D eigenvalue weighted by Crippen LogP contribution is 2.56. The molecule has 2 heteroatoms. The molecule has 0 spiro atoms. The third-order valence-corrected chi connectivity index (χ3v) is 3.83. The second-order valence-electron chi connectivity index (χ2n) is 2.92. The van der Waals surface area contributed by atoms with Gasteiger partial charge in [0.25, 0.3) is 0 Å². The molecule has 1 saturated heterocycles. The van der Waals surface area contributed by atoms with Crippen molar-refractivity contribution in [3.05, 3.63) is 0 Å². The van der Waals surface area contributed by atoms with Crippen LogP contribution >= 0.6 is 11.8 Å². The Morgan fingerprint density at radius 1 is 1.67 bits per heavy atom. The summed E-state index contributed by atoms with van der Waals surface area (Å²) in [6.07, 6.45) is 1.29. The van der Waals surface area contributed by atoms with Crippen LogP contribution in [0.3, 0.4) is 0 Å². The molecule has 50 valence electrons. The van der Waals surface area contributed by atoms with Crippen LogP contribution in [0.1, 0.15) is 13.3 Å². The third-order valence-electron chi connectivity index (χ3n) is 2.33. The minimum Gasteiger partial charge on any atom is -0.300 e. The van der Waals surface area contributed by atoms with Crippen LogP contribution in [0.4, 0.5) is 0 Å². The third kappa shape index (κ3) is 0.725. The van der Waals surface area contributed by atoms with E-state index in [2.05, 4.69) is 0 Å². The van der Waals surface area contributed by atoms with Crippen molar-refractivity contribution in [2.45, 2.75) is 18.6 Å². The van der Waals surface area contributed by atoms with Crippen LogP contribution in [-0.2, 0) is 4.79 Å². The molecule has 1 aliphatic carbocycles. The fourth-order valence-electron chi connectivity index (χ4n) is 1.79. The van der Waals surface area contributed by atoms with Crippen LogP contribution in [0.15, 0.2) is 0 Å². The summed E-state index contributed by atoms with van der Waals surface area (Å²) < 4.78 is 0. The van der Waals surface area contributed by atoms with Crippen LogP contribution < -0.4 is 0 Å². The number of rotatable bonds is 1. The summed E-state index contributed by atoms with van der Waals surface area (Å²) in [5.74, 6) is 2.95. The quantitative estimate of drug-likeness (QED) is 0.549. The zero-order valence-corrected chi connectivity index (χ0v) is 6.28. The Morgan fingerprint density at radius 3 is 2.78 bits per heavy atom. The first-order valence-corrected chi connectivity index (χ1v) is 4.47. The molecule has 0 aromatic carbocycles. The lowest BCUT2D eigenvalue weighted by molar-refractivity contribution is -0.118. The minimum atomic E-state index is 0.414. The Balaban J connectivity index is 2.02. The molecule has 1 aliphatic heterocycles. The molecular formula is C7H10OS. The van der Waals surface area contributed by atoms with Gasteiger partial charge in [-0.05, 0) is 25.0 Å². The van der Waals surface area contributed by atoms with E-state index in [1.54, 1.807) is 6.92 Å². The molecule has 0 aromatic rings. The maximum atomic E-state index is 10.8. The van der Waals surface area contributed by atoms with Crippen LogP contribution in [0.2, 0.25) is 0 Å². The molecule has 1 heterocycles. The highest BCUT2D eigenvalue weighted by Gasteiger charge is 2.55. The van der Waals surface area contributed by atoms with Gasteiger partial charge < -0.3 is 0 Å². The fraction of sp³-hybridized carbons (Fsp3) is 0.857. The Labute approximate surface area is 59.2 Å². The second kappa shape index (κ2) is 1.75. The summed E-state index contributed by atoms with van der Waals surface area (Å²) in [7, 11) is 0. The Kier molecular flexibility index (Phi) is 1.12.